The fourth-order valence-corrected chi connectivity index (χ4v) is 0.664. The molecule has 0 fully saturated rings. The lowest BCUT2D eigenvalue weighted by atomic mass is 10.6. The van der Waals surface area contributed by atoms with Crippen molar-refractivity contribution >= 4 is 0 Å². The second kappa shape index (κ2) is 0.644. The highest BCUT2D eigenvalue weighted by molar-refractivity contribution is 5.72. The highest BCUT2D eigenvalue weighted by Crippen LogP contribution is 2.27. The van der Waals surface area contributed by atoms with E-state index in [1.165, 1.54) is 6.20 Å². The van der Waals surface area contributed by atoms with Gasteiger partial charge in [0.2, 0.25) is 5.69 Å². The van der Waals surface area contributed by atoms with Crippen molar-refractivity contribution < 1.29 is 4.73 Å². The van der Waals surface area contributed by atoms with Crippen LogP contribution in [0.1, 0.15) is 0 Å². The van der Waals surface area contributed by atoms with E-state index in [-0.39, 0.29) is 0 Å². The lowest BCUT2D eigenvalue weighted by molar-refractivity contribution is -0.587. The van der Waals surface area contributed by atoms with Crippen LogP contribution in [0.15, 0.2) is 18.3 Å². The molecule has 2 aliphatic rings. The molecule has 0 unspecified atom stereocenters. The average Bonchev–Trinajstić information content (AvgIpc) is 2.33. The van der Waals surface area contributed by atoms with Crippen molar-refractivity contribution in [1.29, 1.82) is 0 Å². The van der Waals surface area contributed by atoms with Gasteiger partial charge in [0, 0.05) is 12.1 Å². The summed E-state index contributed by atoms with van der Waals surface area (Å²) in [4.78, 5) is 0. The summed E-state index contributed by atoms with van der Waals surface area (Å²) in [6, 6.07) is 3.66. The summed E-state index contributed by atoms with van der Waals surface area (Å²) < 4.78 is 0.870. The molecule has 7 heavy (non-hydrogen) atoms. The molecule has 1 aliphatic carbocycles. The first-order chi connectivity index (χ1) is 3.38. The van der Waals surface area contributed by atoms with Crippen molar-refractivity contribution in [2.24, 2.45) is 0 Å². The number of pyridine rings is 1. The number of nitrogens with zero attached hydrogens (tertiary/aromatic N) is 1. The molecular formula is C5H3NO. The van der Waals surface area contributed by atoms with Gasteiger partial charge in [0.15, 0.2) is 6.20 Å². The van der Waals surface area contributed by atoms with Crippen LogP contribution in [0, 0.1) is 5.21 Å². The third kappa shape index (κ3) is 0.221. The van der Waals surface area contributed by atoms with Gasteiger partial charge >= 0.3 is 0 Å². The summed E-state index contributed by atoms with van der Waals surface area (Å²) in [5.74, 6) is 0. The van der Waals surface area contributed by atoms with Crippen molar-refractivity contribution in [3.8, 4) is 11.3 Å². The molecule has 0 saturated carbocycles. The van der Waals surface area contributed by atoms with E-state index in [0.717, 1.165) is 16.0 Å². The van der Waals surface area contributed by atoms with Crippen molar-refractivity contribution in [3.63, 3.8) is 0 Å². The number of rotatable bonds is 0. The first-order valence-corrected chi connectivity index (χ1v) is 2.11. The zero-order valence-corrected chi connectivity index (χ0v) is 3.59. The highest BCUT2D eigenvalue weighted by Gasteiger charge is 2.22. The van der Waals surface area contributed by atoms with Crippen LogP contribution in [0.2, 0.25) is 0 Å². The van der Waals surface area contributed by atoms with Crippen molar-refractivity contribution in [2.45, 2.75) is 0 Å². The molecule has 0 bridgehead atoms. The highest BCUT2D eigenvalue weighted by atomic mass is 16.5. The smallest absolute Gasteiger partial charge is 0.225 e. The molecular weight excluding hydrogens is 90.1 g/mol. The van der Waals surface area contributed by atoms with Gasteiger partial charge in [-0.05, 0) is 0 Å². The van der Waals surface area contributed by atoms with Crippen LogP contribution in [0.25, 0.3) is 11.3 Å². The van der Waals surface area contributed by atoms with E-state index in [9.17, 15) is 5.21 Å². The van der Waals surface area contributed by atoms with Gasteiger partial charge in [0.05, 0.1) is 5.56 Å². The predicted octanol–water partition coefficient (Wildman–Crippen LogP) is 0.300. The molecule has 0 atom stereocenters. The minimum Gasteiger partial charge on any atom is -0.618 e. The minimum atomic E-state index is 0.833. The first kappa shape index (κ1) is 3.02. The molecule has 0 saturated heterocycles. The Labute approximate surface area is 40.6 Å². The Kier molecular flexibility index (Phi) is 0.278. The zero-order valence-electron chi connectivity index (χ0n) is 3.59. The molecule has 0 aromatic rings. The molecule has 1 aliphatic heterocycles. The van der Waals surface area contributed by atoms with Gasteiger partial charge in [0.1, 0.15) is 0 Å². The molecule has 0 N–H and O–H groups in total. The molecule has 34 valence electrons. The summed E-state index contributed by atoms with van der Waals surface area (Å²) in [5.41, 5.74) is 1.93. The van der Waals surface area contributed by atoms with Crippen LogP contribution >= 0.6 is 0 Å². The van der Waals surface area contributed by atoms with Crippen LogP contribution in [-0.2, 0) is 0 Å². The lowest BCUT2D eigenvalue weighted by Crippen LogP contribution is -2.20. The Morgan fingerprint density at radius 2 is 2.43 bits per heavy atom. The topological polar surface area (TPSA) is 26.9 Å². The normalized spacial score (nSPS) is 11.4. The third-order valence-corrected chi connectivity index (χ3v) is 1.13. The average molecular weight is 93.1 g/mol. The summed E-state index contributed by atoms with van der Waals surface area (Å²) in [6.07, 6.45) is 1.52. The summed E-state index contributed by atoms with van der Waals surface area (Å²) in [5, 5.41) is 10.4. The van der Waals surface area contributed by atoms with Crippen LogP contribution in [0.3, 0.4) is 0 Å². The minimum absolute atomic E-state index is 0.833. The molecule has 2 nitrogen and oxygen atoms in total. The third-order valence-electron chi connectivity index (χ3n) is 1.13. The molecule has 2 heteroatoms. The maximum Gasteiger partial charge on any atom is 0.225 e. The molecule has 0 aromatic heterocycles. The quantitative estimate of drug-likeness (QED) is 0.340. The Morgan fingerprint density at radius 1 is 1.57 bits per heavy atom. The Bertz CT molecular complexity index is 219. The monoisotopic (exact) mass is 93.0 g/mol. The van der Waals surface area contributed by atoms with E-state index in [1.807, 2.05) is 12.1 Å². The van der Waals surface area contributed by atoms with Crippen LogP contribution in [0.4, 0.5) is 0 Å². The van der Waals surface area contributed by atoms with Gasteiger partial charge in [-0.25, -0.2) is 0 Å². The number of hydrogen-bond acceptors (Lipinski definition) is 1. The van der Waals surface area contributed by atoms with E-state index in [0.29, 0.717) is 0 Å². The van der Waals surface area contributed by atoms with E-state index in [4.69, 9.17) is 0 Å². The molecule has 1 heterocycles. The van der Waals surface area contributed by atoms with Crippen molar-refractivity contribution in [3.05, 3.63) is 23.5 Å². The second-order valence-electron chi connectivity index (χ2n) is 1.63. The van der Waals surface area contributed by atoms with E-state index >= 15 is 0 Å². The first-order valence-electron chi connectivity index (χ1n) is 2.11. The number of fused-ring (bicyclic) bond motifs is 1. The van der Waals surface area contributed by atoms with Crippen molar-refractivity contribution in [2.75, 3.05) is 0 Å². The molecule has 0 spiro atoms. The second-order valence-corrected chi connectivity index (χ2v) is 1.63. The SMILES string of the molecule is [O-][n+]1ccc2cc1-2. The Balaban J connectivity index is 2.77. The fraction of sp³-hybridized carbons (Fsp3) is 0. The number of hydrogen-bond donors (Lipinski definition) is 0. The Morgan fingerprint density at radius 3 is 2.57 bits per heavy atom. The van der Waals surface area contributed by atoms with E-state index in [1.54, 1.807) is 0 Å². The molecule has 0 amide bonds. The Hall–Kier alpha value is -1.05. The van der Waals surface area contributed by atoms with Gasteiger partial charge in [-0.2, -0.15) is 4.73 Å². The zero-order chi connectivity index (χ0) is 4.85. The van der Waals surface area contributed by atoms with Crippen LogP contribution in [-0.4, -0.2) is 0 Å². The van der Waals surface area contributed by atoms with Crippen LogP contribution < -0.4 is 4.73 Å². The van der Waals surface area contributed by atoms with Gasteiger partial charge in [-0.15, -0.1) is 0 Å². The molecule has 2 rings (SSSR count). The van der Waals surface area contributed by atoms with Gasteiger partial charge in [0.25, 0.3) is 0 Å². The summed E-state index contributed by atoms with van der Waals surface area (Å²) in [6.45, 7) is 0. The molecule has 0 radical (unpaired) electrons. The summed E-state index contributed by atoms with van der Waals surface area (Å²) >= 11 is 0. The maximum atomic E-state index is 10.4. The standard InChI is InChI=1S/C5H3NO/c7-6-2-1-4-3-5(4)6/h1-3H. The molecule has 0 aromatic carbocycles. The van der Waals surface area contributed by atoms with Crippen molar-refractivity contribution in [1.82, 2.24) is 0 Å². The largest absolute Gasteiger partial charge is 0.618 e. The van der Waals surface area contributed by atoms with Gasteiger partial charge in [-0.3, -0.25) is 0 Å². The maximum absolute atomic E-state index is 10.4. The summed E-state index contributed by atoms with van der Waals surface area (Å²) in [7, 11) is 0. The fourth-order valence-electron chi connectivity index (χ4n) is 0.664. The van der Waals surface area contributed by atoms with Crippen LogP contribution in [0.5, 0.6) is 0 Å². The predicted molar refractivity (Wildman–Crippen MR) is 24.4 cm³/mol. The lowest BCUT2D eigenvalue weighted by Gasteiger charge is -1.82. The number of aromatic nitrogens is 1. The van der Waals surface area contributed by atoms with Gasteiger partial charge in [-0.1, -0.05) is 0 Å². The van der Waals surface area contributed by atoms with Gasteiger partial charge < -0.3 is 5.21 Å². The van der Waals surface area contributed by atoms with E-state index in [2.05, 4.69) is 0 Å². The van der Waals surface area contributed by atoms with E-state index < -0.39 is 0 Å².